The first-order chi connectivity index (χ1) is 11.9. The molecule has 0 saturated carbocycles. The van der Waals surface area contributed by atoms with Gasteiger partial charge in [-0.05, 0) is 31.4 Å². The average Bonchev–Trinajstić information content (AvgIpc) is 3.03. The van der Waals surface area contributed by atoms with Crippen molar-refractivity contribution in [3.63, 3.8) is 0 Å². The first-order valence-electron chi connectivity index (χ1n) is 8.91. The lowest BCUT2D eigenvalue weighted by molar-refractivity contribution is -0.153. The van der Waals surface area contributed by atoms with E-state index in [0.29, 0.717) is 13.1 Å². The van der Waals surface area contributed by atoms with Gasteiger partial charge in [0.05, 0.1) is 5.60 Å². The molecule has 1 aromatic carbocycles. The van der Waals surface area contributed by atoms with Crippen LogP contribution in [0.3, 0.4) is 0 Å². The Morgan fingerprint density at radius 2 is 1.96 bits per heavy atom. The van der Waals surface area contributed by atoms with Gasteiger partial charge in [0.1, 0.15) is 6.10 Å². The molecule has 25 heavy (non-hydrogen) atoms. The Labute approximate surface area is 149 Å². The fraction of sp³-hybridized carbons (Fsp3) is 0.579. The third-order valence-electron chi connectivity index (χ3n) is 5.43. The van der Waals surface area contributed by atoms with Crippen LogP contribution in [0.2, 0.25) is 0 Å². The summed E-state index contributed by atoms with van der Waals surface area (Å²) in [6.07, 6.45) is 2.07. The van der Waals surface area contributed by atoms with E-state index in [1.165, 1.54) is 0 Å². The van der Waals surface area contributed by atoms with Gasteiger partial charge in [0.15, 0.2) is 0 Å². The Balaban J connectivity index is 1.59. The number of hydrogen-bond acceptors (Lipinski definition) is 3. The normalized spacial score (nSPS) is 28.8. The number of rotatable bonds is 2. The number of benzene rings is 1. The molecule has 1 spiro atoms. The quantitative estimate of drug-likeness (QED) is 0.896. The number of carbonyl (C=O) groups excluding carboxylic acids is 2. The highest BCUT2D eigenvalue weighted by atomic mass is 16.5. The zero-order valence-corrected chi connectivity index (χ0v) is 15.2. The summed E-state index contributed by atoms with van der Waals surface area (Å²) in [4.78, 5) is 28.1. The van der Waals surface area contributed by atoms with Crippen LogP contribution >= 0.6 is 0 Å². The van der Waals surface area contributed by atoms with E-state index in [0.717, 1.165) is 24.9 Å². The largest absolute Gasteiger partial charge is 0.362 e. The smallest absolute Gasteiger partial charge is 0.321 e. The monoisotopic (exact) mass is 345 g/mol. The maximum atomic E-state index is 12.5. The van der Waals surface area contributed by atoms with Gasteiger partial charge in [-0.25, -0.2) is 4.79 Å². The first-order valence-corrected chi connectivity index (χ1v) is 8.91. The molecular weight excluding hydrogens is 318 g/mol. The number of para-hydroxylation sites is 1. The summed E-state index contributed by atoms with van der Waals surface area (Å²) in [6.45, 7) is 3.40. The van der Waals surface area contributed by atoms with Crippen molar-refractivity contribution in [2.75, 3.05) is 32.5 Å². The van der Waals surface area contributed by atoms with Gasteiger partial charge >= 0.3 is 6.03 Å². The van der Waals surface area contributed by atoms with Crippen LogP contribution in [-0.2, 0) is 9.53 Å². The molecule has 6 nitrogen and oxygen atoms in total. The van der Waals surface area contributed by atoms with Gasteiger partial charge in [-0.15, -0.1) is 0 Å². The Bertz CT molecular complexity index is 634. The molecule has 1 aromatic rings. The van der Waals surface area contributed by atoms with Crippen molar-refractivity contribution in [2.45, 2.75) is 37.9 Å². The third-order valence-corrected chi connectivity index (χ3v) is 5.43. The number of piperidine rings is 1. The Morgan fingerprint density at radius 3 is 2.60 bits per heavy atom. The number of carbonyl (C=O) groups is 2. The number of likely N-dealkylation sites (tertiary alicyclic amines) is 1. The van der Waals surface area contributed by atoms with Crippen LogP contribution in [0.1, 0.15) is 26.2 Å². The maximum Gasteiger partial charge on any atom is 0.321 e. The highest BCUT2D eigenvalue weighted by molar-refractivity contribution is 5.89. The molecule has 1 unspecified atom stereocenters. The van der Waals surface area contributed by atoms with Gasteiger partial charge < -0.3 is 19.9 Å². The summed E-state index contributed by atoms with van der Waals surface area (Å²) in [6, 6.07) is 9.40. The second kappa shape index (κ2) is 7.04. The van der Waals surface area contributed by atoms with Crippen LogP contribution < -0.4 is 5.32 Å². The SMILES string of the molecule is C[C@@H]1CN(C(=O)Nc2ccccc2)CC[C@@]12CCC(C(=O)N(C)C)O2. The van der Waals surface area contributed by atoms with Crippen molar-refractivity contribution in [3.05, 3.63) is 30.3 Å². The fourth-order valence-electron chi connectivity index (χ4n) is 3.85. The van der Waals surface area contributed by atoms with Crippen molar-refractivity contribution >= 4 is 17.6 Å². The van der Waals surface area contributed by atoms with Crippen molar-refractivity contribution in [1.82, 2.24) is 9.80 Å². The van der Waals surface area contributed by atoms with E-state index < -0.39 is 0 Å². The van der Waals surface area contributed by atoms with Crippen LogP contribution in [0.4, 0.5) is 10.5 Å². The molecule has 3 atom stereocenters. The number of anilines is 1. The molecule has 3 rings (SSSR count). The second-order valence-electron chi connectivity index (χ2n) is 7.34. The summed E-state index contributed by atoms with van der Waals surface area (Å²) in [5.74, 6) is 0.232. The Kier molecular flexibility index (Phi) is 4.99. The molecule has 6 heteroatoms. The molecular formula is C19H27N3O3. The zero-order chi connectivity index (χ0) is 18.0. The summed E-state index contributed by atoms with van der Waals surface area (Å²) in [5, 5.41) is 2.94. The number of nitrogens with one attached hydrogen (secondary N) is 1. The minimum Gasteiger partial charge on any atom is -0.362 e. The number of likely N-dealkylation sites (N-methyl/N-ethyl adjacent to an activating group) is 1. The average molecular weight is 345 g/mol. The number of hydrogen-bond donors (Lipinski definition) is 1. The van der Waals surface area contributed by atoms with Crippen LogP contribution in [0.15, 0.2) is 30.3 Å². The molecule has 0 aliphatic carbocycles. The summed E-state index contributed by atoms with van der Waals surface area (Å²) in [7, 11) is 3.52. The Hall–Kier alpha value is -2.08. The van der Waals surface area contributed by atoms with E-state index in [9.17, 15) is 9.59 Å². The molecule has 2 fully saturated rings. The summed E-state index contributed by atoms with van der Waals surface area (Å²) >= 11 is 0. The van der Waals surface area contributed by atoms with Gasteiger partial charge in [-0.3, -0.25) is 4.79 Å². The van der Waals surface area contributed by atoms with E-state index in [4.69, 9.17) is 4.74 Å². The van der Waals surface area contributed by atoms with E-state index in [2.05, 4.69) is 12.2 Å². The predicted molar refractivity (Wildman–Crippen MR) is 96.3 cm³/mol. The van der Waals surface area contributed by atoms with Gasteiger partial charge in [-0.2, -0.15) is 0 Å². The predicted octanol–water partition coefficient (Wildman–Crippen LogP) is 2.57. The van der Waals surface area contributed by atoms with E-state index >= 15 is 0 Å². The molecule has 2 aliphatic rings. The highest BCUT2D eigenvalue weighted by Crippen LogP contribution is 2.42. The van der Waals surface area contributed by atoms with Crippen molar-refractivity contribution < 1.29 is 14.3 Å². The summed E-state index contributed by atoms with van der Waals surface area (Å²) in [5.41, 5.74) is 0.522. The van der Waals surface area contributed by atoms with Crippen LogP contribution in [0.25, 0.3) is 0 Å². The van der Waals surface area contributed by atoms with Crippen LogP contribution in [-0.4, -0.2) is 60.6 Å². The minimum absolute atomic E-state index is 0.0355. The Morgan fingerprint density at radius 1 is 1.24 bits per heavy atom. The first kappa shape index (κ1) is 17.7. The van der Waals surface area contributed by atoms with Crippen molar-refractivity contribution in [2.24, 2.45) is 5.92 Å². The van der Waals surface area contributed by atoms with Gasteiger partial charge in [0, 0.05) is 38.8 Å². The number of ether oxygens (including phenoxy) is 1. The molecule has 3 amide bonds. The fourth-order valence-corrected chi connectivity index (χ4v) is 3.85. The lowest BCUT2D eigenvalue weighted by atomic mass is 9.80. The van der Waals surface area contributed by atoms with Crippen molar-refractivity contribution in [1.29, 1.82) is 0 Å². The van der Waals surface area contributed by atoms with Crippen molar-refractivity contribution in [3.8, 4) is 0 Å². The number of nitrogens with zero attached hydrogens (tertiary/aromatic N) is 2. The highest BCUT2D eigenvalue weighted by Gasteiger charge is 2.49. The maximum absolute atomic E-state index is 12.5. The molecule has 2 heterocycles. The van der Waals surface area contributed by atoms with E-state index in [1.54, 1.807) is 19.0 Å². The third kappa shape index (κ3) is 3.63. The van der Waals surface area contributed by atoms with Gasteiger partial charge in [0.2, 0.25) is 0 Å². The minimum atomic E-state index is -0.345. The molecule has 1 N–H and O–H groups in total. The molecule has 0 bridgehead atoms. The molecule has 0 aromatic heterocycles. The number of urea groups is 1. The van der Waals surface area contributed by atoms with Crippen LogP contribution in [0.5, 0.6) is 0 Å². The lowest BCUT2D eigenvalue weighted by Gasteiger charge is -2.44. The molecule has 136 valence electrons. The zero-order valence-electron chi connectivity index (χ0n) is 15.2. The van der Waals surface area contributed by atoms with Crippen LogP contribution in [0, 0.1) is 5.92 Å². The molecule has 2 aliphatic heterocycles. The standard InChI is InChI=1S/C19H27N3O3/c1-14-13-22(18(24)20-15-7-5-4-6-8-15)12-11-19(14)10-9-16(25-19)17(23)21(2)3/h4-8,14,16H,9-13H2,1-3H3,(H,20,24)/t14-,16?,19+/m1/s1. The van der Waals surface area contributed by atoms with Gasteiger partial charge in [0.25, 0.3) is 5.91 Å². The molecule has 2 saturated heterocycles. The number of amides is 3. The summed E-state index contributed by atoms with van der Waals surface area (Å²) < 4.78 is 6.22. The second-order valence-corrected chi connectivity index (χ2v) is 7.34. The lowest BCUT2D eigenvalue weighted by Crippen LogP contribution is -2.53. The van der Waals surface area contributed by atoms with Gasteiger partial charge in [-0.1, -0.05) is 25.1 Å². The van der Waals surface area contributed by atoms with E-state index in [1.807, 2.05) is 35.2 Å². The topological polar surface area (TPSA) is 61.9 Å². The molecule has 0 radical (unpaired) electrons. The van der Waals surface area contributed by atoms with E-state index in [-0.39, 0.29) is 29.6 Å².